The van der Waals surface area contributed by atoms with E-state index in [1.807, 2.05) is 6.92 Å². The smallest absolute Gasteiger partial charge is 0.235 e. The predicted molar refractivity (Wildman–Crippen MR) is 85.2 cm³/mol. The van der Waals surface area contributed by atoms with Crippen molar-refractivity contribution in [1.29, 1.82) is 0 Å². The summed E-state index contributed by atoms with van der Waals surface area (Å²) in [4.78, 5) is 4.24. The molecule has 0 bridgehead atoms. The average Bonchev–Trinajstić information content (AvgIpc) is 3.12. The predicted octanol–water partition coefficient (Wildman–Crippen LogP) is 1.66. The molecule has 1 aliphatic rings. The van der Waals surface area contributed by atoms with E-state index in [9.17, 15) is 12.8 Å². The van der Waals surface area contributed by atoms with Crippen LogP contribution in [0.4, 0.5) is 15.8 Å². The van der Waals surface area contributed by atoms with E-state index in [1.165, 1.54) is 22.5 Å². The third-order valence-corrected chi connectivity index (χ3v) is 5.55. The lowest BCUT2D eigenvalue weighted by molar-refractivity contribution is 0.599. The lowest BCUT2D eigenvalue weighted by Gasteiger charge is -2.18. The number of sulfonamides is 1. The highest BCUT2D eigenvalue weighted by molar-refractivity contribution is 7.93. The van der Waals surface area contributed by atoms with Crippen LogP contribution >= 0.6 is 0 Å². The number of halogens is 1. The van der Waals surface area contributed by atoms with Gasteiger partial charge in [-0.1, -0.05) is 6.92 Å². The fourth-order valence-electron chi connectivity index (χ4n) is 2.48. The maximum atomic E-state index is 13.9. The number of benzene rings is 1. The van der Waals surface area contributed by atoms with Gasteiger partial charge < -0.3 is 5.32 Å². The molecule has 7 nitrogen and oxygen atoms in total. The first-order valence-electron chi connectivity index (χ1n) is 7.43. The number of hydrogen-bond acceptors (Lipinski definition) is 5. The number of aryl methyl sites for hydroxylation is 1. The van der Waals surface area contributed by atoms with Crippen LogP contribution in [-0.2, 0) is 23.0 Å². The van der Waals surface area contributed by atoms with Crippen LogP contribution in [0.1, 0.15) is 25.0 Å². The Bertz CT molecular complexity index is 805. The van der Waals surface area contributed by atoms with Gasteiger partial charge in [0.05, 0.1) is 23.7 Å². The zero-order valence-electron chi connectivity index (χ0n) is 12.7. The Morgan fingerprint density at radius 1 is 1.43 bits per heavy atom. The Hall–Kier alpha value is -2.16. The molecule has 1 aromatic heterocycles. The summed E-state index contributed by atoms with van der Waals surface area (Å²) in [5.74, 6) is 0.977. The number of H-pyrrole nitrogens is 1. The molecule has 9 heteroatoms. The molecule has 1 fully saturated rings. The number of nitrogens with zero attached hydrogens (tertiary/aromatic N) is 3. The molecule has 1 aromatic carbocycles. The molecule has 2 N–H and O–H groups in total. The molecule has 0 unspecified atom stereocenters. The zero-order valence-corrected chi connectivity index (χ0v) is 13.5. The molecule has 2 heterocycles. The van der Waals surface area contributed by atoms with Gasteiger partial charge in [-0.25, -0.2) is 17.8 Å². The van der Waals surface area contributed by atoms with Crippen LogP contribution in [0.15, 0.2) is 18.2 Å². The van der Waals surface area contributed by atoms with Gasteiger partial charge in [-0.2, -0.15) is 5.10 Å². The standard InChI is InChI=1S/C14H18FN5O2S/c1-2-13-17-14(19-18-13)9-16-12-8-10(4-5-11(12)15)20-6-3-7-23(20,21)22/h4-5,8,16H,2-3,6-7,9H2,1H3,(H,17,18,19). The highest BCUT2D eigenvalue weighted by Gasteiger charge is 2.28. The molecule has 1 saturated heterocycles. The van der Waals surface area contributed by atoms with Gasteiger partial charge in [-0.15, -0.1) is 0 Å². The van der Waals surface area contributed by atoms with E-state index in [0.717, 1.165) is 0 Å². The zero-order chi connectivity index (χ0) is 16.4. The summed E-state index contributed by atoms with van der Waals surface area (Å²) >= 11 is 0. The minimum atomic E-state index is -3.28. The molecule has 2 aromatic rings. The molecule has 124 valence electrons. The topological polar surface area (TPSA) is 91.0 Å². The largest absolute Gasteiger partial charge is 0.375 e. The van der Waals surface area contributed by atoms with Gasteiger partial charge in [0.15, 0.2) is 5.82 Å². The van der Waals surface area contributed by atoms with Crippen molar-refractivity contribution >= 4 is 21.4 Å². The van der Waals surface area contributed by atoms with E-state index in [4.69, 9.17) is 0 Å². The third kappa shape index (κ3) is 3.29. The van der Waals surface area contributed by atoms with Gasteiger partial charge in [0.25, 0.3) is 0 Å². The lowest BCUT2D eigenvalue weighted by Crippen LogP contribution is -2.25. The summed E-state index contributed by atoms with van der Waals surface area (Å²) in [5.41, 5.74) is 0.706. The molecule has 0 aliphatic carbocycles. The molecule has 0 spiro atoms. The Morgan fingerprint density at radius 3 is 2.91 bits per heavy atom. The van der Waals surface area contributed by atoms with E-state index >= 15 is 0 Å². The summed E-state index contributed by atoms with van der Waals surface area (Å²) in [7, 11) is -3.28. The van der Waals surface area contributed by atoms with Gasteiger partial charge in [0, 0.05) is 13.0 Å². The quantitative estimate of drug-likeness (QED) is 0.864. The Balaban J connectivity index is 1.78. The molecule has 1 aliphatic heterocycles. The second-order valence-electron chi connectivity index (χ2n) is 5.31. The van der Waals surface area contributed by atoms with Gasteiger partial charge in [-0.3, -0.25) is 9.40 Å². The fourth-order valence-corrected chi connectivity index (χ4v) is 4.04. The van der Waals surface area contributed by atoms with Crippen molar-refractivity contribution in [3.05, 3.63) is 35.7 Å². The average molecular weight is 339 g/mol. The van der Waals surface area contributed by atoms with Crippen LogP contribution in [0.5, 0.6) is 0 Å². The summed E-state index contributed by atoms with van der Waals surface area (Å²) in [6, 6.07) is 4.26. The van der Waals surface area contributed by atoms with Crippen LogP contribution in [-0.4, -0.2) is 35.9 Å². The summed E-state index contributed by atoms with van der Waals surface area (Å²) in [5, 5.41) is 9.72. The van der Waals surface area contributed by atoms with Gasteiger partial charge >= 0.3 is 0 Å². The first-order chi connectivity index (χ1) is 11.0. The van der Waals surface area contributed by atoms with E-state index < -0.39 is 15.8 Å². The Morgan fingerprint density at radius 2 is 2.26 bits per heavy atom. The SMILES string of the molecule is CCc1n[nH]c(CNc2cc(N3CCCS3(=O)=O)ccc2F)n1. The molecule has 0 radical (unpaired) electrons. The first-order valence-corrected chi connectivity index (χ1v) is 9.04. The molecule has 3 rings (SSSR count). The highest BCUT2D eigenvalue weighted by atomic mass is 32.2. The van der Waals surface area contributed by atoms with E-state index in [2.05, 4.69) is 20.5 Å². The minimum absolute atomic E-state index is 0.130. The van der Waals surface area contributed by atoms with Crippen molar-refractivity contribution in [2.45, 2.75) is 26.3 Å². The van der Waals surface area contributed by atoms with Crippen LogP contribution < -0.4 is 9.62 Å². The summed E-state index contributed by atoms with van der Waals surface area (Å²) < 4.78 is 39.2. The van der Waals surface area contributed by atoms with Gasteiger partial charge in [-0.05, 0) is 24.6 Å². The molecule has 0 atom stereocenters. The number of aromatic amines is 1. The number of hydrogen-bond donors (Lipinski definition) is 2. The minimum Gasteiger partial charge on any atom is -0.375 e. The molecular formula is C14H18FN5O2S. The van der Waals surface area contributed by atoms with Crippen molar-refractivity contribution in [3.63, 3.8) is 0 Å². The number of nitrogens with one attached hydrogen (secondary N) is 2. The van der Waals surface area contributed by atoms with Crippen LogP contribution in [0, 0.1) is 5.82 Å². The third-order valence-electron chi connectivity index (χ3n) is 3.68. The van der Waals surface area contributed by atoms with E-state index in [-0.39, 0.29) is 18.0 Å². The summed E-state index contributed by atoms with van der Waals surface area (Å²) in [6.45, 7) is 2.65. The molecule has 0 saturated carbocycles. The molecule has 0 amide bonds. The Kier molecular flexibility index (Phi) is 4.20. The monoisotopic (exact) mass is 339 g/mol. The second-order valence-corrected chi connectivity index (χ2v) is 7.32. The molecular weight excluding hydrogens is 321 g/mol. The van der Waals surface area contributed by atoms with Crippen molar-refractivity contribution in [1.82, 2.24) is 15.2 Å². The molecule has 23 heavy (non-hydrogen) atoms. The van der Waals surface area contributed by atoms with E-state index in [1.54, 1.807) is 0 Å². The highest BCUT2D eigenvalue weighted by Crippen LogP contribution is 2.28. The number of rotatable bonds is 5. The van der Waals surface area contributed by atoms with Crippen molar-refractivity contribution in [2.24, 2.45) is 0 Å². The van der Waals surface area contributed by atoms with Crippen molar-refractivity contribution in [2.75, 3.05) is 21.9 Å². The van der Waals surface area contributed by atoms with Crippen LogP contribution in [0.25, 0.3) is 0 Å². The first kappa shape index (κ1) is 15.7. The second kappa shape index (κ2) is 6.15. The number of aromatic nitrogens is 3. The fraction of sp³-hybridized carbons (Fsp3) is 0.429. The van der Waals surface area contributed by atoms with Crippen molar-refractivity contribution in [3.8, 4) is 0 Å². The number of anilines is 2. The normalized spacial score (nSPS) is 16.7. The van der Waals surface area contributed by atoms with Crippen molar-refractivity contribution < 1.29 is 12.8 Å². The maximum absolute atomic E-state index is 13.9. The van der Waals surface area contributed by atoms with Gasteiger partial charge in [0.1, 0.15) is 11.6 Å². The van der Waals surface area contributed by atoms with Crippen LogP contribution in [0.3, 0.4) is 0 Å². The lowest BCUT2D eigenvalue weighted by atomic mass is 10.2. The van der Waals surface area contributed by atoms with Crippen LogP contribution in [0.2, 0.25) is 0 Å². The van der Waals surface area contributed by atoms with E-state index in [0.29, 0.717) is 36.7 Å². The maximum Gasteiger partial charge on any atom is 0.235 e. The summed E-state index contributed by atoms with van der Waals surface area (Å²) in [6.07, 6.45) is 1.30. The van der Waals surface area contributed by atoms with Gasteiger partial charge in [0.2, 0.25) is 10.0 Å². The Labute approximate surface area is 134 Å².